The summed E-state index contributed by atoms with van der Waals surface area (Å²) in [5, 5.41) is 2.91. The van der Waals surface area contributed by atoms with Gasteiger partial charge in [-0.3, -0.25) is 9.59 Å². The highest BCUT2D eigenvalue weighted by Crippen LogP contribution is 2.19. The maximum Gasteiger partial charge on any atom is 0.249 e. The van der Waals surface area contributed by atoms with Crippen molar-refractivity contribution in [3.63, 3.8) is 0 Å². The van der Waals surface area contributed by atoms with Crippen LogP contribution in [0.25, 0.3) is 0 Å². The van der Waals surface area contributed by atoms with Crippen LogP contribution in [-0.4, -0.2) is 35.8 Å². The molecule has 0 bridgehead atoms. The Labute approximate surface area is 150 Å². The molecule has 0 spiro atoms. The number of hydrogen-bond acceptors (Lipinski definition) is 3. The molecule has 24 heavy (non-hydrogen) atoms. The summed E-state index contributed by atoms with van der Waals surface area (Å²) in [4.78, 5) is 26.9. The van der Waals surface area contributed by atoms with Crippen LogP contribution in [0.3, 0.4) is 0 Å². The van der Waals surface area contributed by atoms with Gasteiger partial charge in [0.25, 0.3) is 0 Å². The molecule has 1 aliphatic heterocycles. The molecule has 134 valence electrons. The Morgan fingerprint density at radius 3 is 2.33 bits per heavy atom. The molecule has 0 saturated carbocycles. The monoisotopic (exact) mass is 353 g/mol. The number of benzene rings is 1. The van der Waals surface area contributed by atoms with Crippen LogP contribution in [-0.2, 0) is 9.59 Å². The van der Waals surface area contributed by atoms with Crippen LogP contribution in [0.1, 0.15) is 44.7 Å². The van der Waals surface area contributed by atoms with Crippen LogP contribution >= 0.6 is 12.4 Å². The smallest absolute Gasteiger partial charge is 0.249 e. The SMILES string of the molecule is CC(C)CC(=O)NC(C(=O)N1CCC(N)CC1)c1ccccc1.Cl. The quantitative estimate of drug-likeness (QED) is 0.852. The van der Waals surface area contributed by atoms with Crippen molar-refractivity contribution in [2.24, 2.45) is 11.7 Å². The summed E-state index contributed by atoms with van der Waals surface area (Å²) in [6, 6.07) is 9.00. The number of halogens is 1. The van der Waals surface area contributed by atoms with Crippen molar-refractivity contribution in [3.05, 3.63) is 35.9 Å². The summed E-state index contributed by atoms with van der Waals surface area (Å²) in [5.74, 6) is 0.130. The van der Waals surface area contributed by atoms with Crippen molar-refractivity contribution in [1.29, 1.82) is 0 Å². The van der Waals surface area contributed by atoms with E-state index >= 15 is 0 Å². The molecule has 0 aromatic heterocycles. The van der Waals surface area contributed by atoms with Crippen LogP contribution in [0.2, 0.25) is 0 Å². The van der Waals surface area contributed by atoms with Crippen molar-refractivity contribution >= 4 is 24.2 Å². The van der Waals surface area contributed by atoms with E-state index in [-0.39, 0.29) is 36.2 Å². The average molecular weight is 354 g/mol. The van der Waals surface area contributed by atoms with Gasteiger partial charge in [-0.15, -0.1) is 12.4 Å². The first-order valence-corrected chi connectivity index (χ1v) is 8.36. The van der Waals surface area contributed by atoms with E-state index in [1.165, 1.54) is 0 Å². The third kappa shape index (κ3) is 5.80. The predicted molar refractivity (Wildman–Crippen MR) is 97.8 cm³/mol. The van der Waals surface area contributed by atoms with Gasteiger partial charge in [-0.1, -0.05) is 44.2 Å². The summed E-state index contributed by atoms with van der Waals surface area (Å²) < 4.78 is 0. The van der Waals surface area contributed by atoms with Crippen molar-refractivity contribution in [3.8, 4) is 0 Å². The summed E-state index contributed by atoms with van der Waals surface area (Å²) in [5.41, 5.74) is 6.74. The third-order valence-corrected chi connectivity index (χ3v) is 4.13. The van der Waals surface area contributed by atoms with E-state index in [0.29, 0.717) is 19.5 Å². The lowest BCUT2D eigenvalue weighted by molar-refractivity contribution is -0.137. The second kappa shape index (κ2) is 9.64. The normalized spacial score (nSPS) is 16.4. The van der Waals surface area contributed by atoms with Gasteiger partial charge in [-0.05, 0) is 24.3 Å². The minimum Gasteiger partial charge on any atom is -0.341 e. The lowest BCUT2D eigenvalue weighted by atomic mass is 10.0. The fraction of sp³-hybridized carbons (Fsp3) is 0.556. The molecule has 0 aliphatic carbocycles. The summed E-state index contributed by atoms with van der Waals surface area (Å²) >= 11 is 0. The zero-order valence-corrected chi connectivity index (χ0v) is 15.2. The van der Waals surface area contributed by atoms with Crippen molar-refractivity contribution in [2.75, 3.05) is 13.1 Å². The Balaban J connectivity index is 0.00000288. The molecular formula is C18H28ClN3O2. The molecule has 5 nitrogen and oxygen atoms in total. The van der Waals surface area contributed by atoms with E-state index in [1.54, 1.807) is 0 Å². The zero-order valence-electron chi connectivity index (χ0n) is 14.4. The summed E-state index contributed by atoms with van der Waals surface area (Å²) in [6.45, 7) is 5.29. The van der Waals surface area contributed by atoms with Gasteiger partial charge < -0.3 is 16.0 Å². The zero-order chi connectivity index (χ0) is 16.8. The van der Waals surface area contributed by atoms with Crippen molar-refractivity contribution in [2.45, 2.75) is 45.2 Å². The molecule has 0 radical (unpaired) electrons. The molecule has 2 rings (SSSR count). The number of nitrogens with zero attached hydrogens (tertiary/aromatic N) is 1. The summed E-state index contributed by atoms with van der Waals surface area (Å²) in [7, 11) is 0. The molecule has 3 N–H and O–H groups in total. The highest BCUT2D eigenvalue weighted by molar-refractivity contribution is 5.88. The van der Waals surface area contributed by atoms with Crippen molar-refractivity contribution in [1.82, 2.24) is 10.2 Å². The molecule has 1 atom stereocenters. The Morgan fingerprint density at radius 1 is 1.21 bits per heavy atom. The van der Waals surface area contributed by atoms with Crippen molar-refractivity contribution < 1.29 is 9.59 Å². The number of nitrogens with one attached hydrogen (secondary N) is 1. The van der Waals surface area contributed by atoms with Crippen LogP contribution in [0.5, 0.6) is 0 Å². The first-order chi connectivity index (χ1) is 11.0. The van der Waals surface area contributed by atoms with Gasteiger partial charge in [-0.2, -0.15) is 0 Å². The predicted octanol–water partition coefficient (Wildman–Crippen LogP) is 2.26. The van der Waals surface area contributed by atoms with Gasteiger partial charge >= 0.3 is 0 Å². The third-order valence-electron chi connectivity index (χ3n) is 4.13. The number of rotatable bonds is 5. The number of hydrogen-bond donors (Lipinski definition) is 2. The number of carbonyl (C=O) groups excluding carboxylic acids is 2. The second-order valence-corrected chi connectivity index (χ2v) is 6.67. The van der Waals surface area contributed by atoms with Gasteiger partial charge in [0.2, 0.25) is 11.8 Å². The molecule has 2 amide bonds. The molecular weight excluding hydrogens is 326 g/mol. The van der Waals surface area contributed by atoms with Crippen LogP contribution in [0.15, 0.2) is 30.3 Å². The van der Waals surface area contributed by atoms with Gasteiger partial charge in [0, 0.05) is 25.6 Å². The molecule has 1 heterocycles. The fourth-order valence-corrected chi connectivity index (χ4v) is 2.83. The van der Waals surface area contributed by atoms with Gasteiger partial charge in [0.1, 0.15) is 6.04 Å². The Kier molecular flexibility index (Phi) is 8.22. The first kappa shape index (κ1) is 20.5. The van der Waals surface area contributed by atoms with Gasteiger partial charge in [0.15, 0.2) is 0 Å². The highest BCUT2D eigenvalue weighted by Gasteiger charge is 2.29. The fourth-order valence-electron chi connectivity index (χ4n) is 2.83. The van der Waals surface area contributed by atoms with Crippen LogP contribution in [0.4, 0.5) is 0 Å². The summed E-state index contributed by atoms with van der Waals surface area (Å²) in [6.07, 6.45) is 2.04. The van der Waals surface area contributed by atoms with Crippen LogP contribution < -0.4 is 11.1 Å². The molecule has 6 heteroatoms. The number of carbonyl (C=O) groups is 2. The lowest BCUT2D eigenvalue weighted by Crippen LogP contribution is -2.48. The first-order valence-electron chi connectivity index (χ1n) is 8.36. The van der Waals surface area contributed by atoms with E-state index in [1.807, 2.05) is 49.1 Å². The highest BCUT2D eigenvalue weighted by atomic mass is 35.5. The molecule has 1 unspecified atom stereocenters. The van der Waals surface area contributed by atoms with Crippen LogP contribution in [0, 0.1) is 5.92 Å². The Bertz CT molecular complexity index is 528. The van der Waals surface area contributed by atoms with E-state index in [9.17, 15) is 9.59 Å². The average Bonchev–Trinajstić information content (AvgIpc) is 2.53. The molecule has 1 aliphatic rings. The molecule has 1 aromatic carbocycles. The Hall–Kier alpha value is -1.59. The van der Waals surface area contributed by atoms with Gasteiger partial charge in [0.05, 0.1) is 0 Å². The largest absolute Gasteiger partial charge is 0.341 e. The minimum absolute atomic E-state index is 0. The minimum atomic E-state index is -0.614. The topological polar surface area (TPSA) is 75.4 Å². The Morgan fingerprint density at radius 2 is 1.79 bits per heavy atom. The number of likely N-dealkylation sites (tertiary alicyclic amines) is 1. The maximum absolute atomic E-state index is 12.9. The standard InChI is InChI=1S/C18H27N3O2.ClH/c1-13(2)12-16(22)20-17(14-6-4-3-5-7-14)18(23)21-10-8-15(19)9-11-21;/h3-7,13,15,17H,8-12,19H2,1-2H3,(H,20,22);1H. The second-order valence-electron chi connectivity index (χ2n) is 6.67. The number of nitrogens with two attached hydrogens (primary N) is 1. The van der Waals surface area contributed by atoms with E-state index in [4.69, 9.17) is 5.73 Å². The molecule has 1 fully saturated rings. The van der Waals surface area contributed by atoms with E-state index in [2.05, 4.69) is 5.32 Å². The van der Waals surface area contributed by atoms with E-state index < -0.39 is 6.04 Å². The molecule has 1 saturated heterocycles. The molecule has 1 aromatic rings. The van der Waals surface area contributed by atoms with Gasteiger partial charge in [-0.25, -0.2) is 0 Å². The lowest BCUT2D eigenvalue weighted by Gasteiger charge is -2.33. The number of piperidine rings is 1. The number of amides is 2. The van der Waals surface area contributed by atoms with E-state index in [0.717, 1.165) is 18.4 Å². The maximum atomic E-state index is 12.9.